The third-order valence-electron chi connectivity index (χ3n) is 4.54. The number of pyridine rings is 1. The molecule has 1 aliphatic rings. The molecule has 1 atom stereocenters. The molecule has 2 aromatic rings. The van der Waals surface area contributed by atoms with Gasteiger partial charge in [0.2, 0.25) is 0 Å². The number of aryl methyl sites for hydroxylation is 1. The molecule has 1 aromatic carbocycles. The van der Waals surface area contributed by atoms with E-state index in [2.05, 4.69) is 10.3 Å². The van der Waals surface area contributed by atoms with Gasteiger partial charge in [-0.15, -0.1) is 0 Å². The highest BCUT2D eigenvalue weighted by molar-refractivity contribution is 7.91. The Balaban J connectivity index is 1.52. The molecule has 1 amide bonds. The highest BCUT2D eigenvalue weighted by atomic mass is 32.2. The van der Waals surface area contributed by atoms with Crippen LogP contribution in [-0.2, 0) is 14.6 Å². The van der Waals surface area contributed by atoms with Gasteiger partial charge in [0.05, 0.1) is 23.4 Å². The molecule has 27 heavy (non-hydrogen) atoms. The maximum absolute atomic E-state index is 12.0. The highest BCUT2D eigenvalue weighted by Crippen LogP contribution is 2.22. The predicted molar refractivity (Wildman–Crippen MR) is 105 cm³/mol. The summed E-state index contributed by atoms with van der Waals surface area (Å²) in [6.07, 6.45) is 2.16. The molecule has 1 aliphatic heterocycles. The molecular weight excluding hydrogens is 366 g/mol. The van der Waals surface area contributed by atoms with Crippen molar-refractivity contribution in [2.24, 2.45) is 0 Å². The summed E-state index contributed by atoms with van der Waals surface area (Å²) in [7, 11) is -1.11. The zero-order chi connectivity index (χ0) is 19.4. The minimum Gasteiger partial charge on any atom is -0.484 e. The second-order valence-corrected chi connectivity index (χ2v) is 8.95. The van der Waals surface area contributed by atoms with Gasteiger partial charge in [-0.2, -0.15) is 0 Å². The monoisotopic (exact) mass is 389 g/mol. The van der Waals surface area contributed by atoms with Crippen LogP contribution in [-0.4, -0.2) is 50.5 Å². The Labute approximate surface area is 159 Å². The van der Waals surface area contributed by atoms with E-state index < -0.39 is 9.84 Å². The van der Waals surface area contributed by atoms with Crippen molar-refractivity contribution in [1.82, 2.24) is 4.98 Å². The number of sulfone groups is 1. The third-order valence-corrected chi connectivity index (χ3v) is 6.29. The summed E-state index contributed by atoms with van der Waals surface area (Å²) < 4.78 is 28.7. The molecule has 0 aliphatic carbocycles. The molecule has 0 saturated carbocycles. The number of nitrogens with zero attached hydrogens (tertiary/aromatic N) is 2. The Hall–Kier alpha value is -2.61. The molecule has 1 aromatic heterocycles. The number of nitrogens with one attached hydrogen (secondary N) is 1. The van der Waals surface area contributed by atoms with Crippen LogP contribution in [0.15, 0.2) is 42.6 Å². The Morgan fingerprint density at radius 2 is 2.00 bits per heavy atom. The van der Waals surface area contributed by atoms with Crippen molar-refractivity contribution in [1.29, 1.82) is 0 Å². The fourth-order valence-electron chi connectivity index (χ4n) is 2.92. The first-order chi connectivity index (χ1) is 12.8. The summed E-state index contributed by atoms with van der Waals surface area (Å²) in [5.74, 6) is 1.40. The number of carbonyl (C=O) groups excluding carboxylic acids is 1. The quantitative estimate of drug-likeness (QED) is 0.813. The zero-order valence-corrected chi connectivity index (χ0v) is 16.2. The molecular formula is C19H23N3O4S. The van der Waals surface area contributed by atoms with E-state index >= 15 is 0 Å². The van der Waals surface area contributed by atoms with E-state index in [1.165, 1.54) is 0 Å². The lowest BCUT2D eigenvalue weighted by Crippen LogP contribution is -2.33. The third kappa shape index (κ3) is 5.19. The predicted octanol–water partition coefficient (Wildman–Crippen LogP) is 2.03. The average molecular weight is 389 g/mol. The second-order valence-electron chi connectivity index (χ2n) is 6.72. The van der Waals surface area contributed by atoms with Crippen LogP contribution in [0.25, 0.3) is 0 Å². The number of carbonyl (C=O) groups is 1. The van der Waals surface area contributed by atoms with Crippen LogP contribution >= 0.6 is 0 Å². The Morgan fingerprint density at radius 1 is 1.26 bits per heavy atom. The number of amides is 1. The largest absolute Gasteiger partial charge is 0.484 e. The van der Waals surface area contributed by atoms with E-state index in [0.717, 1.165) is 5.56 Å². The normalized spacial score (nSPS) is 18.1. The summed E-state index contributed by atoms with van der Waals surface area (Å²) in [5, 5.41) is 2.73. The molecule has 1 N–H and O–H groups in total. The number of hydrogen-bond donors (Lipinski definition) is 1. The molecule has 3 rings (SSSR count). The SMILES string of the molecule is Cc1ccc(OCC(=O)Nc2ccc(N(C)C3CCS(=O)(=O)C3)nc2)cc1. The molecule has 8 heteroatoms. The van der Waals surface area contributed by atoms with Gasteiger partial charge in [-0.3, -0.25) is 4.79 Å². The van der Waals surface area contributed by atoms with Crippen molar-refractivity contribution in [2.45, 2.75) is 19.4 Å². The summed E-state index contributed by atoms with van der Waals surface area (Å²) in [6, 6.07) is 10.9. The first-order valence-electron chi connectivity index (χ1n) is 8.71. The van der Waals surface area contributed by atoms with Crippen LogP contribution in [0.4, 0.5) is 11.5 Å². The lowest BCUT2D eigenvalue weighted by Gasteiger charge is -2.24. The van der Waals surface area contributed by atoms with Gasteiger partial charge >= 0.3 is 0 Å². The molecule has 0 spiro atoms. The average Bonchev–Trinajstić information content (AvgIpc) is 3.01. The number of anilines is 2. The van der Waals surface area contributed by atoms with E-state index in [1.807, 2.05) is 43.1 Å². The van der Waals surface area contributed by atoms with E-state index in [0.29, 0.717) is 23.7 Å². The molecule has 1 unspecified atom stereocenters. The molecule has 0 radical (unpaired) electrons. The van der Waals surface area contributed by atoms with Crippen molar-refractivity contribution >= 4 is 27.2 Å². The molecule has 144 valence electrons. The second kappa shape index (κ2) is 7.96. The van der Waals surface area contributed by atoms with Crippen LogP contribution in [0.2, 0.25) is 0 Å². The van der Waals surface area contributed by atoms with Gasteiger partial charge in [-0.25, -0.2) is 13.4 Å². The number of hydrogen-bond acceptors (Lipinski definition) is 6. The van der Waals surface area contributed by atoms with Crippen molar-refractivity contribution < 1.29 is 17.9 Å². The summed E-state index contributed by atoms with van der Waals surface area (Å²) >= 11 is 0. The number of benzene rings is 1. The number of rotatable bonds is 6. The number of aromatic nitrogens is 1. The highest BCUT2D eigenvalue weighted by Gasteiger charge is 2.31. The Bertz CT molecular complexity index is 896. The number of ether oxygens (including phenoxy) is 1. The van der Waals surface area contributed by atoms with Gasteiger partial charge < -0.3 is 15.0 Å². The van der Waals surface area contributed by atoms with Crippen LogP contribution in [0.3, 0.4) is 0 Å². The Kier molecular flexibility index (Phi) is 5.65. The molecule has 1 fully saturated rings. The topological polar surface area (TPSA) is 88.6 Å². The molecule has 1 saturated heterocycles. The van der Waals surface area contributed by atoms with Gasteiger partial charge in [-0.05, 0) is 37.6 Å². The summed E-state index contributed by atoms with van der Waals surface area (Å²) in [5.41, 5.74) is 1.68. The summed E-state index contributed by atoms with van der Waals surface area (Å²) in [6.45, 7) is 1.89. The molecule has 2 heterocycles. The maximum atomic E-state index is 12.0. The van der Waals surface area contributed by atoms with Gasteiger partial charge in [0.25, 0.3) is 5.91 Å². The van der Waals surface area contributed by atoms with Gasteiger partial charge in [0.1, 0.15) is 11.6 Å². The lowest BCUT2D eigenvalue weighted by atomic mass is 10.2. The van der Waals surface area contributed by atoms with Crippen molar-refractivity contribution in [3.63, 3.8) is 0 Å². The standard InChI is InChI=1S/C19H23N3O4S/c1-14-3-6-17(7-4-14)26-12-19(23)21-15-5-8-18(20-11-15)22(2)16-9-10-27(24,25)13-16/h3-8,11,16H,9-10,12-13H2,1-2H3,(H,21,23). The van der Waals surface area contributed by atoms with E-state index in [1.54, 1.807) is 18.3 Å². The zero-order valence-electron chi connectivity index (χ0n) is 15.4. The van der Waals surface area contributed by atoms with Gasteiger partial charge in [-0.1, -0.05) is 17.7 Å². The smallest absolute Gasteiger partial charge is 0.262 e. The van der Waals surface area contributed by atoms with Crippen molar-refractivity contribution in [2.75, 3.05) is 35.4 Å². The maximum Gasteiger partial charge on any atom is 0.262 e. The van der Waals surface area contributed by atoms with Crippen molar-refractivity contribution in [3.05, 3.63) is 48.2 Å². The van der Waals surface area contributed by atoms with Crippen LogP contribution in [0.1, 0.15) is 12.0 Å². The van der Waals surface area contributed by atoms with E-state index in [9.17, 15) is 13.2 Å². The summed E-state index contributed by atoms with van der Waals surface area (Å²) in [4.78, 5) is 18.2. The minimum atomic E-state index is -2.94. The molecule has 0 bridgehead atoms. The minimum absolute atomic E-state index is 0.0640. The Morgan fingerprint density at radius 3 is 2.59 bits per heavy atom. The van der Waals surface area contributed by atoms with Crippen molar-refractivity contribution in [3.8, 4) is 5.75 Å². The van der Waals surface area contributed by atoms with E-state index in [-0.39, 0.29) is 30.1 Å². The van der Waals surface area contributed by atoms with Gasteiger partial charge in [0.15, 0.2) is 16.4 Å². The lowest BCUT2D eigenvalue weighted by molar-refractivity contribution is -0.118. The van der Waals surface area contributed by atoms with E-state index in [4.69, 9.17) is 4.74 Å². The van der Waals surface area contributed by atoms with Crippen LogP contribution in [0, 0.1) is 6.92 Å². The fraction of sp³-hybridized carbons (Fsp3) is 0.368. The van der Waals surface area contributed by atoms with Crippen LogP contribution in [0.5, 0.6) is 5.75 Å². The first-order valence-corrected chi connectivity index (χ1v) is 10.5. The fourth-order valence-corrected chi connectivity index (χ4v) is 4.69. The molecule has 7 nitrogen and oxygen atoms in total. The van der Waals surface area contributed by atoms with Gasteiger partial charge in [0, 0.05) is 13.1 Å². The first kappa shape index (κ1) is 19.2. The van der Waals surface area contributed by atoms with Crippen LogP contribution < -0.4 is 15.0 Å².